The molecule has 0 heterocycles. The zero-order chi connectivity index (χ0) is 13.9. The molecule has 0 spiro atoms. The van der Waals surface area contributed by atoms with Gasteiger partial charge in [-0.3, -0.25) is 9.59 Å². The van der Waals surface area contributed by atoms with E-state index in [1.165, 1.54) is 12.1 Å². The Bertz CT molecular complexity index is 489. The smallest absolute Gasteiger partial charge is 0.252 e. The minimum atomic E-state index is -0.783. The van der Waals surface area contributed by atoms with Gasteiger partial charge in [0.2, 0.25) is 5.91 Å². The van der Waals surface area contributed by atoms with E-state index < -0.39 is 23.2 Å². The van der Waals surface area contributed by atoms with E-state index in [0.29, 0.717) is 4.47 Å². The number of rotatable bonds is 4. The summed E-state index contributed by atoms with van der Waals surface area (Å²) in [4.78, 5) is 22.8. The number of hydrogen-bond acceptors (Lipinski definition) is 2. The van der Waals surface area contributed by atoms with Crippen LogP contribution in [-0.2, 0) is 4.79 Å². The first-order chi connectivity index (χ1) is 8.21. The maximum atomic E-state index is 13.1. The molecule has 0 radical (unpaired) electrons. The maximum Gasteiger partial charge on any atom is 0.252 e. The lowest BCUT2D eigenvalue weighted by Crippen LogP contribution is -2.46. The molecular formula is C12H14BrFN2O2. The molecule has 4 nitrogen and oxygen atoms in total. The molecule has 0 saturated heterocycles. The molecule has 0 fully saturated rings. The first-order valence-electron chi connectivity index (χ1n) is 5.27. The van der Waals surface area contributed by atoms with Crippen LogP contribution in [0.3, 0.4) is 0 Å². The molecule has 0 atom stereocenters. The van der Waals surface area contributed by atoms with Crippen LogP contribution in [-0.4, -0.2) is 17.4 Å². The van der Waals surface area contributed by atoms with Crippen LogP contribution in [0.4, 0.5) is 4.39 Å². The van der Waals surface area contributed by atoms with Crippen LogP contribution in [0, 0.1) is 5.82 Å². The topological polar surface area (TPSA) is 72.2 Å². The average molecular weight is 317 g/mol. The Balaban J connectivity index is 2.88. The summed E-state index contributed by atoms with van der Waals surface area (Å²) in [5, 5.41) is 2.64. The second-order valence-electron chi connectivity index (χ2n) is 4.61. The van der Waals surface area contributed by atoms with Crippen molar-refractivity contribution >= 4 is 27.7 Å². The molecule has 0 unspecified atom stereocenters. The summed E-state index contributed by atoms with van der Waals surface area (Å²) in [6, 6.07) is 3.82. The van der Waals surface area contributed by atoms with Crippen molar-refractivity contribution in [3.63, 3.8) is 0 Å². The fourth-order valence-electron chi connectivity index (χ4n) is 1.53. The van der Waals surface area contributed by atoms with Crippen LogP contribution in [0.1, 0.15) is 30.6 Å². The van der Waals surface area contributed by atoms with Crippen LogP contribution >= 0.6 is 15.9 Å². The van der Waals surface area contributed by atoms with Crippen LogP contribution < -0.4 is 11.1 Å². The fraction of sp³-hybridized carbons (Fsp3) is 0.333. The predicted molar refractivity (Wildman–Crippen MR) is 69.5 cm³/mol. The molecular weight excluding hydrogens is 303 g/mol. The second kappa shape index (κ2) is 5.48. The lowest BCUT2D eigenvalue weighted by atomic mass is 9.99. The summed E-state index contributed by atoms with van der Waals surface area (Å²) < 4.78 is 13.6. The van der Waals surface area contributed by atoms with E-state index in [0.717, 1.165) is 6.07 Å². The van der Waals surface area contributed by atoms with Gasteiger partial charge in [-0.1, -0.05) is 0 Å². The Kier molecular flexibility index (Phi) is 4.45. The molecule has 0 aliphatic rings. The molecule has 1 aromatic rings. The third kappa shape index (κ3) is 4.10. The molecule has 0 aliphatic heterocycles. The van der Waals surface area contributed by atoms with Crippen molar-refractivity contribution in [2.45, 2.75) is 25.8 Å². The van der Waals surface area contributed by atoms with Crippen molar-refractivity contribution in [1.29, 1.82) is 0 Å². The summed E-state index contributed by atoms with van der Waals surface area (Å²) >= 11 is 3.17. The third-order valence-electron chi connectivity index (χ3n) is 2.24. The number of nitrogens with one attached hydrogen (secondary N) is 1. The van der Waals surface area contributed by atoms with Crippen molar-refractivity contribution in [2.75, 3.05) is 0 Å². The lowest BCUT2D eigenvalue weighted by molar-refractivity contribution is -0.119. The van der Waals surface area contributed by atoms with E-state index in [9.17, 15) is 14.0 Å². The fourth-order valence-corrected chi connectivity index (χ4v) is 1.95. The molecule has 98 valence electrons. The van der Waals surface area contributed by atoms with Crippen LogP contribution in [0.5, 0.6) is 0 Å². The summed E-state index contributed by atoms with van der Waals surface area (Å²) in [6.45, 7) is 3.34. The first-order valence-corrected chi connectivity index (χ1v) is 6.06. The van der Waals surface area contributed by atoms with Gasteiger partial charge in [-0.25, -0.2) is 4.39 Å². The lowest BCUT2D eigenvalue weighted by Gasteiger charge is -2.25. The van der Waals surface area contributed by atoms with Crippen LogP contribution in [0.2, 0.25) is 0 Å². The van der Waals surface area contributed by atoms with E-state index in [2.05, 4.69) is 21.2 Å². The SMILES string of the molecule is CC(C)(CC(N)=O)NC(=O)c1cc(F)ccc1Br. The van der Waals surface area contributed by atoms with E-state index in [1.807, 2.05) is 0 Å². The highest BCUT2D eigenvalue weighted by atomic mass is 79.9. The normalized spacial score (nSPS) is 11.1. The third-order valence-corrected chi connectivity index (χ3v) is 2.93. The highest BCUT2D eigenvalue weighted by molar-refractivity contribution is 9.10. The number of halogens is 2. The molecule has 0 saturated carbocycles. The molecule has 1 rings (SSSR count). The molecule has 1 aromatic carbocycles. The zero-order valence-electron chi connectivity index (χ0n) is 10.1. The summed E-state index contributed by atoms with van der Waals surface area (Å²) in [7, 11) is 0. The Labute approximate surface area is 113 Å². The molecule has 18 heavy (non-hydrogen) atoms. The number of carbonyl (C=O) groups excluding carboxylic acids is 2. The Morgan fingerprint density at radius 1 is 1.44 bits per heavy atom. The van der Waals surface area contributed by atoms with E-state index in [1.54, 1.807) is 13.8 Å². The second-order valence-corrected chi connectivity index (χ2v) is 5.46. The quantitative estimate of drug-likeness (QED) is 0.891. The average Bonchev–Trinajstić information content (AvgIpc) is 2.18. The highest BCUT2D eigenvalue weighted by Gasteiger charge is 2.24. The number of nitrogens with two attached hydrogens (primary N) is 1. The number of hydrogen-bond donors (Lipinski definition) is 2. The standard InChI is InChI=1S/C12H14BrFN2O2/c1-12(2,6-10(15)17)16-11(18)8-5-7(14)3-4-9(8)13/h3-5H,6H2,1-2H3,(H2,15,17)(H,16,18). The van der Waals surface area contributed by atoms with Gasteiger partial charge < -0.3 is 11.1 Å². The van der Waals surface area contributed by atoms with Gasteiger partial charge in [0.1, 0.15) is 5.82 Å². The van der Waals surface area contributed by atoms with E-state index in [4.69, 9.17) is 5.73 Å². The molecule has 0 bridgehead atoms. The van der Waals surface area contributed by atoms with Gasteiger partial charge in [0.25, 0.3) is 5.91 Å². The number of amides is 2. The van der Waals surface area contributed by atoms with Gasteiger partial charge in [0.05, 0.1) is 5.56 Å². The minimum absolute atomic E-state index is 0.00563. The van der Waals surface area contributed by atoms with Crippen molar-refractivity contribution < 1.29 is 14.0 Å². The monoisotopic (exact) mass is 316 g/mol. The Morgan fingerprint density at radius 3 is 2.61 bits per heavy atom. The van der Waals surface area contributed by atoms with Gasteiger partial charge in [0, 0.05) is 16.4 Å². The minimum Gasteiger partial charge on any atom is -0.370 e. The largest absolute Gasteiger partial charge is 0.370 e. The van der Waals surface area contributed by atoms with Gasteiger partial charge in [-0.15, -0.1) is 0 Å². The van der Waals surface area contributed by atoms with Crippen molar-refractivity contribution in [2.24, 2.45) is 5.73 Å². The van der Waals surface area contributed by atoms with Gasteiger partial charge >= 0.3 is 0 Å². The maximum absolute atomic E-state index is 13.1. The van der Waals surface area contributed by atoms with Gasteiger partial charge in [-0.2, -0.15) is 0 Å². The molecule has 0 aliphatic carbocycles. The Hall–Kier alpha value is -1.43. The Morgan fingerprint density at radius 2 is 2.06 bits per heavy atom. The molecule has 0 aromatic heterocycles. The van der Waals surface area contributed by atoms with Gasteiger partial charge in [-0.05, 0) is 48.0 Å². The summed E-state index contributed by atoms with van der Waals surface area (Å²) in [5.41, 5.74) is 4.48. The number of primary amides is 1. The van der Waals surface area contributed by atoms with E-state index >= 15 is 0 Å². The molecule has 6 heteroatoms. The van der Waals surface area contributed by atoms with E-state index in [-0.39, 0.29) is 12.0 Å². The highest BCUT2D eigenvalue weighted by Crippen LogP contribution is 2.19. The first kappa shape index (κ1) is 14.6. The number of carbonyl (C=O) groups is 2. The summed E-state index contributed by atoms with van der Waals surface area (Å²) in [6.07, 6.45) is 0.00563. The molecule has 2 amide bonds. The van der Waals surface area contributed by atoms with Crippen LogP contribution in [0.15, 0.2) is 22.7 Å². The van der Waals surface area contributed by atoms with Crippen molar-refractivity contribution in [3.8, 4) is 0 Å². The van der Waals surface area contributed by atoms with Crippen LogP contribution in [0.25, 0.3) is 0 Å². The molecule has 3 N–H and O–H groups in total. The summed E-state index contributed by atoms with van der Waals surface area (Å²) in [5.74, 6) is -1.48. The van der Waals surface area contributed by atoms with Crippen molar-refractivity contribution in [3.05, 3.63) is 34.1 Å². The zero-order valence-corrected chi connectivity index (χ0v) is 11.7. The van der Waals surface area contributed by atoms with Crippen molar-refractivity contribution in [1.82, 2.24) is 5.32 Å². The predicted octanol–water partition coefficient (Wildman–Crippen LogP) is 1.97. The van der Waals surface area contributed by atoms with Gasteiger partial charge in [0.15, 0.2) is 0 Å². The number of benzene rings is 1.